The Labute approximate surface area is 114 Å². The number of hydrogen-bond acceptors (Lipinski definition) is 3. The Balaban J connectivity index is 1.65. The molecule has 108 valence electrons. The second kappa shape index (κ2) is 6.89. The van der Waals surface area contributed by atoms with E-state index in [1.165, 1.54) is 0 Å². The second-order valence-electron chi connectivity index (χ2n) is 5.68. The first-order chi connectivity index (χ1) is 9.15. The van der Waals surface area contributed by atoms with E-state index in [0.717, 1.165) is 45.4 Å². The van der Waals surface area contributed by atoms with Gasteiger partial charge in [0, 0.05) is 26.2 Å². The summed E-state index contributed by atoms with van der Waals surface area (Å²) in [6.45, 7) is 5.10. The average Bonchev–Trinajstić information content (AvgIpc) is 2.90. The maximum absolute atomic E-state index is 11.9. The molecule has 2 saturated heterocycles. The fourth-order valence-electron chi connectivity index (χ4n) is 2.60. The molecular weight excluding hydrogens is 244 g/mol. The van der Waals surface area contributed by atoms with Crippen molar-refractivity contribution >= 4 is 11.8 Å². The van der Waals surface area contributed by atoms with E-state index in [1.807, 2.05) is 4.90 Å². The van der Waals surface area contributed by atoms with Gasteiger partial charge in [-0.2, -0.15) is 0 Å². The van der Waals surface area contributed by atoms with E-state index in [2.05, 4.69) is 12.2 Å². The molecule has 0 aromatic carbocycles. The smallest absolute Gasteiger partial charge is 0.232 e. The predicted octanol–water partition coefficient (Wildman–Crippen LogP) is 0.930. The van der Waals surface area contributed by atoms with E-state index in [1.54, 1.807) is 0 Å². The van der Waals surface area contributed by atoms with Gasteiger partial charge in [-0.1, -0.05) is 6.92 Å². The molecule has 0 bridgehead atoms. The van der Waals surface area contributed by atoms with Crippen molar-refractivity contribution in [2.75, 3.05) is 26.2 Å². The second-order valence-corrected chi connectivity index (χ2v) is 5.68. The zero-order valence-corrected chi connectivity index (χ0v) is 11.7. The fraction of sp³-hybridized carbons (Fsp3) is 0.857. The van der Waals surface area contributed by atoms with E-state index in [9.17, 15) is 9.59 Å². The summed E-state index contributed by atoms with van der Waals surface area (Å²) in [5, 5.41) is 2.79. The quantitative estimate of drug-likeness (QED) is 0.772. The number of rotatable bonds is 4. The molecule has 0 spiro atoms. The molecule has 0 saturated carbocycles. The average molecular weight is 268 g/mol. The first kappa shape index (κ1) is 14.3. The van der Waals surface area contributed by atoms with Gasteiger partial charge in [0.25, 0.3) is 0 Å². The molecule has 2 rings (SSSR count). The molecule has 0 aliphatic carbocycles. The minimum absolute atomic E-state index is 0.0267. The van der Waals surface area contributed by atoms with Crippen molar-refractivity contribution in [1.29, 1.82) is 0 Å². The van der Waals surface area contributed by atoms with Crippen molar-refractivity contribution in [3.63, 3.8) is 0 Å². The van der Waals surface area contributed by atoms with Gasteiger partial charge >= 0.3 is 0 Å². The molecule has 1 N–H and O–H groups in total. The third kappa shape index (κ3) is 4.49. The van der Waals surface area contributed by atoms with Gasteiger partial charge in [-0.25, -0.2) is 0 Å². The van der Waals surface area contributed by atoms with Crippen LogP contribution in [0.2, 0.25) is 0 Å². The van der Waals surface area contributed by atoms with Gasteiger partial charge in [0.05, 0.1) is 6.10 Å². The van der Waals surface area contributed by atoms with Crippen LogP contribution in [0, 0.1) is 5.92 Å². The van der Waals surface area contributed by atoms with Crippen LogP contribution in [0.15, 0.2) is 0 Å². The van der Waals surface area contributed by atoms with Crippen molar-refractivity contribution in [3.05, 3.63) is 0 Å². The molecule has 19 heavy (non-hydrogen) atoms. The molecule has 2 aliphatic heterocycles. The molecule has 2 fully saturated rings. The highest BCUT2D eigenvalue weighted by atomic mass is 16.5. The number of carbonyl (C=O) groups is 2. The van der Waals surface area contributed by atoms with Crippen LogP contribution in [0.3, 0.4) is 0 Å². The summed E-state index contributed by atoms with van der Waals surface area (Å²) in [6, 6.07) is 0. The summed E-state index contributed by atoms with van der Waals surface area (Å²) in [4.78, 5) is 25.5. The molecule has 2 aliphatic rings. The number of piperidine rings is 1. The Bertz CT molecular complexity index is 319. The number of nitrogens with zero attached hydrogens (tertiary/aromatic N) is 1. The minimum Gasteiger partial charge on any atom is -0.376 e. The zero-order chi connectivity index (χ0) is 13.7. The molecule has 2 heterocycles. The lowest BCUT2D eigenvalue weighted by Crippen LogP contribution is -2.41. The molecule has 1 unspecified atom stereocenters. The number of nitrogens with one attached hydrogen (secondary N) is 1. The number of amides is 2. The Morgan fingerprint density at radius 1 is 1.26 bits per heavy atom. The Morgan fingerprint density at radius 2 is 2.00 bits per heavy atom. The van der Waals surface area contributed by atoms with Gasteiger partial charge in [-0.05, 0) is 31.6 Å². The lowest BCUT2D eigenvalue weighted by Gasteiger charge is -2.30. The first-order valence-electron chi connectivity index (χ1n) is 7.31. The van der Waals surface area contributed by atoms with E-state index < -0.39 is 0 Å². The molecule has 0 radical (unpaired) electrons. The molecule has 2 amide bonds. The highest BCUT2D eigenvalue weighted by Gasteiger charge is 2.22. The summed E-state index contributed by atoms with van der Waals surface area (Å²) in [5.74, 6) is 0.466. The Morgan fingerprint density at radius 3 is 2.63 bits per heavy atom. The van der Waals surface area contributed by atoms with Gasteiger partial charge in [0.15, 0.2) is 0 Å². The van der Waals surface area contributed by atoms with E-state index in [4.69, 9.17) is 4.74 Å². The Hall–Kier alpha value is -1.10. The van der Waals surface area contributed by atoms with Crippen molar-refractivity contribution < 1.29 is 14.3 Å². The van der Waals surface area contributed by atoms with Crippen LogP contribution in [0.4, 0.5) is 0 Å². The van der Waals surface area contributed by atoms with Gasteiger partial charge in [0.1, 0.15) is 6.42 Å². The van der Waals surface area contributed by atoms with Crippen LogP contribution in [0.5, 0.6) is 0 Å². The topological polar surface area (TPSA) is 58.6 Å². The normalized spacial score (nSPS) is 24.5. The maximum Gasteiger partial charge on any atom is 0.232 e. The lowest BCUT2D eigenvalue weighted by atomic mass is 9.99. The maximum atomic E-state index is 11.9. The predicted molar refractivity (Wildman–Crippen MR) is 71.6 cm³/mol. The molecule has 0 aromatic heterocycles. The summed E-state index contributed by atoms with van der Waals surface area (Å²) in [6.07, 6.45) is 4.26. The monoisotopic (exact) mass is 268 g/mol. The van der Waals surface area contributed by atoms with E-state index in [-0.39, 0.29) is 24.3 Å². The third-order valence-electron chi connectivity index (χ3n) is 4.00. The highest BCUT2D eigenvalue weighted by molar-refractivity contribution is 5.96. The van der Waals surface area contributed by atoms with Gasteiger partial charge in [0.2, 0.25) is 11.8 Å². The molecule has 0 aromatic rings. The third-order valence-corrected chi connectivity index (χ3v) is 4.00. The minimum atomic E-state index is -0.181. The van der Waals surface area contributed by atoms with Gasteiger partial charge < -0.3 is 15.0 Å². The number of hydrogen-bond donors (Lipinski definition) is 1. The van der Waals surface area contributed by atoms with Crippen LogP contribution >= 0.6 is 0 Å². The van der Waals surface area contributed by atoms with Gasteiger partial charge in [-0.3, -0.25) is 9.59 Å². The van der Waals surface area contributed by atoms with Crippen molar-refractivity contribution in [1.82, 2.24) is 10.2 Å². The molecule has 1 atom stereocenters. The fourth-order valence-corrected chi connectivity index (χ4v) is 2.60. The largest absolute Gasteiger partial charge is 0.376 e. The summed E-state index contributed by atoms with van der Waals surface area (Å²) >= 11 is 0. The van der Waals surface area contributed by atoms with E-state index >= 15 is 0 Å². The van der Waals surface area contributed by atoms with Crippen molar-refractivity contribution in [2.24, 2.45) is 5.92 Å². The Kier molecular flexibility index (Phi) is 5.19. The van der Waals surface area contributed by atoms with Gasteiger partial charge in [-0.15, -0.1) is 0 Å². The summed E-state index contributed by atoms with van der Waals surface area (Å²) < 4.78 is 5.43. The lowest BCUT2D eigenvalue weighted by molar-refractivity contribution is -0.137. The highest BCUT2D eigenvalue weighted by Crippen LogP contribution is 2.16. The van der Waals surface area contributed by atoms with Crippen molar-refractivity contribution in [2.45, 2.75) is 45.1 Å². The zero-order valence-electron chi connectivity index (χ0n) is 11.7. The van der Waals surface area contributed by atoms with Crippen LogP contribution < -0.4 is 5.32 Å². The number of ether oxygens (including phenoxy) is 1. The summed E-state index contributed by atoms with van der Waals surface area (Å²) in [5.41, 5.74) is 0. The number of likely N-dealkylation sites (tertiary alicyclic amines) is 1. The van der Waals surface area contributed by atoms with Crippen LogP contribution in [0.1, 0.15) is 39.0 Å². The van der Waals surface area contributed by atoms with Crippen LogP contribution in [0.25, 0.3) is 0 Å². The number of carbonyl (C=O) groups excluding carboxylic acids is 2. The van der Waals surface area contributed by atoms with E-state index in [0.29, 0.717) is 12.5 Å². The first-order valence-corrected chi connectivity index (χ1v) is 7.31. The van der Waals surface area contributed by atoms with Crippen LogP contribution in [-0.4, -0.2) is 49.1 Å². The molecular formula is C14H24N2O3. The summed E-state index contributed by atoms with van der Waals surface area (Å²) in [7, 11) is 0. The molecule has 5 heteroatoms. The van der Waals surface area contributed by atoms with Crippen LogP contribution in [-0.2, 0) is 14.3 Å². The van der Waals surface area contributed by atoms with Crippen molar-refractivity contribution in [3.8, 4) is 0 Å². The molecule has 5 nitrogen and oxygen atoms in total. The standard InChI is InChI=1S/C14H24N2O3/c1-11-4-6-16(7-5-11)14(18)9-13(17)15-10-12-3-2-8-19-12/h11-12H,2-10H2,1H3,(H,15,17). The SMILES string of the molecule is CC1CCN(C(=O)CC(=O)NCC2CCCO2)CC1.